The number of benzene rings is 2. The van der Waals surface area contributed by atoms with Gasteiger partial charge in [0, 0.05) is 17.2 Å². The van der Waals surface area contributed by atoms with Gasteiger partial charge in [0.2, 0.25) is 5.89 Å². The molecule has 3 rings (SSSR count). The molecular weight excluding hydrogens is 260 g/mol. The molecule has 0 fully saturated rings. The predicted molar refractivity (Wildman–Crippen MR) is 74.2 cm³/mol. The molecule has 3 aromatic rings. The van der Waals surface area contributed by atoms with Crippen LogP contribution < -0.4 is 0 Å². The van der Waals surface area contributed by atoms with Crippen molar-refractivity contribution >= 4 is 22.5 Å². The number of thioether (sulfide) groups is 1. The van der Waals surface area contributed by atoms with Crippen molar-refractivity contribution in [1.82, 2.24) is 10.1 Å². The van der Waals surface area contributed by atoms with Crippen LogP contribution in [0, 0.1) is 6.92 Å². The highest BCUT2D eigenvalue weighted by molar-refractivity contribution is 7.98. The third-order valence-corrected chi connectivity index (χ3v) is 3.86. The molecule has 1 aromatic heterocycles. The molecule has 0 aliphatic heterocycles. The van der Waals surface area contributed by atoms with Crippen LogP contribution in [0.1, 0.15) is 11.7 Å². The van der Waals surface area contributed by atoms with Gasteiger partial charge in [-0.05, 0) is 17.5 Å². The summed E-state index contributed by atoms with van der Waals surface area (Å²) in [4.78, 5) is 5.27. The lowest BCUT2D eigenvalue weighted by Crippen LogP contribution is -1.85. The van der Waals surface area contributed by atoms with Crippen LogP contribution in [-0.4, -0.2) is 15.2 Å². The maximum absolute atomic E-state index is 9.84. The van der Waals surface area contributed by atoms with Gasteiger partial charge in [0.1, 0.15) is 5.75 Å². The van der Waals surface area contributed by atoms with Crippen LogP contribution in [0.25, 0.3) is 10.8 Å². The van der Waals surface area contributed by atoms with Crippen LogP contribution in [0.15, 0.2) is 45.8 Å². The lowest BCUT2D eigenvalue weighted by atomic mass is 10.1. The summed E-state index contributed by atoms with van der Waals surface area (Å²) in [7, 11) is 0. The Morgan fingerprint density at radius 2 is 1.95 bits per heavy atom. The molecule has 1 heterocycles. The number of nitrogens with zero attached hydrogens (tertiary/aromatic N) is 2. The molecule has 4 nitrogen and oxygen atoms in total. The fourth-order valence-corrected chi connectivity index (χ4v) is 2.82. The molecule has 0 aliphatic carbocycles. The number of aromatic nitrogens is 2. The monoisotopic (exact) mass is 272 g/mol. The third kappa shape index (κ3) is 2.42. The van der Waals surface area contributed by atoms with Gasteiger partial charge in [-0.1, -0.05) is 29.4 Å². The van der Waals surface area contributed by atoms with Crippen LogP contribution in [0.5, 0.6) is 5.75 Å². The summed E-state index contributed by atoms with van der Waals surface area (Å²) in [6.07, 6.45) is 0. The Labute approximate surface area is 114 Å². The van der Waals surface area contributed by atoms with Crippen LogP contribution in [0.4, 0.5) is 0 Å². The van der Waals surface area contributed by atoms with Gasteiger partial charge in [0.05, 0.1) is 5.75 Å². The molecule has 0 unspecified atom stereocenters. The number of hydrogen-bond donors (Lipinski definition) is 1. The lowest BCUT2D eigenvalue weighted by Gasteiger charge is -2.06. The summed E-state index contributed by atoms with van der Waals surface area (Å²) < 4.78 is 4.95. The first-order valence-electron chi connectivity index (χ1n) is 5.87. The average molecular weight is 272 g/mol. The molecule has 0 amide bonds. The molecule has 96 valence electrons. The maximum Gasteiger partial charge on any atom is 0.223 e. The molecule has 5 heteroatoms. The van der Waals surface area contributed by atoms with Gasteiger partial charge >= 0.3 is 0 Å². The number of phenolic OH excluding ortho intramolecular Hbond substituents is 1. The smallest absolute Gasteiger partial charge is 0.223 e. The van der Waals surface area contributed by atoms with Crippen molar-refractivity contribution < 1.29 is 9.63 Å². The van der Waals surface area contributed by atoms with Gasteiger partial charge in [0.25, 0.3) is 0 Å². The fraction of sp³-hybridized carbons (Fsp3) is 0.143. The van der Waals surface area contributed by atoms with Crippen molar-refractivity contribution in [2.75, 3.05) is 0 Å². The molecular formula is C14H12N2O2S. The second-order valence-electron chi connectivity index (χ2n) is 4.15. The van der Waals surface area contributed by atoms with Crippen molar-refractivity contribution in [2.24, 2.45) is 0 Å². The number of fused-ring (bicyclic) bond motifs is 1. The molecule has 0 spiro atoms. The predicted octanol–water partition coefficient (Wildman–Crippen LogP) is 3.53. The van der Waals surface area contributed by atoms with E-state index < -0.39 is 0 Å². The standard InChI is InChI=1S/C14H12N2O2S/c1-9-15-14(16-18-9)8-19-13-7-6-12(17)10-4-2-3-5-11(10)13/h2-7,17H,8H2,1H3. The van der Waals surface area contributed by atoms with Crippen LogP contribution in [0.2, 0.25) is 0 Å². The van der Waals surface area contributed by atoms with Crippen LogP contribution >= 0.6 is 11.8 Å². The summed E-state index contributed by atoms with van der Waals surface area (Å²) in [6.45, 7) is 1.77. The van der Waals surface area contributed by atoms with E-state index in [4.69, 9.17) is 4.52 Å². The Balaban J connectivity index is 1.91. The summed E-state index contributed by atoms with van der Waals surface area (Å²) in [5.74, 6) is 2.20. The molecule has 19 heavy (non-hydrogen) atoms. The first-order chi connectivity index (χ1) is 9.24. The summed E-state index contributed by atoms with van der Waals surface area (Å²) >= 11 is 1.63. The lowest BCUT2D eigenvalue weighted by molar-refractivity contribution is 0.389. The number of aromatic hydroxyl groups is 1. The van der Waals surface area contributed by atoms with Crippen molar-refractivity contribution in [1.29, 1.82) is 0 Å². The molecule has 0 radical (unpaired) electrons. The van der Waals surface area contributed by atoms with E-state index >= 15 is 0 Å². The van der Waals surface area contributed by atoms with E-state index in [1.165, 1.54) is 0 Å². The highest BCUT2D eigenvalue weighted by atomic mass is 32.2. The van der Waals surface area contributed by atoms with E-state index in [9.17, 15) is 5.11 Å². The van der Waals surface area contributed by atoms with Crippen molar-refractivity contribution in [3.8, 4) is 5.75 Å². The highest BCUT2D eigenvalue weighted by Crippen LogP contribution is 2.34. The zero-order valence-electron chi connectivity index (χ0n) is 10.3. The van der Waals surface area contributed by atoms with Gasteiger partial charge < -0.3 is 9.63 Å². The minimum absolute atomic E-state index is 0.301. The number of hydrogen-bond acceptors (Lipinski definition) is 5. The quantitative estimate of drug-likeness (QED) is 0.739. The molecule has 0 atom stereocenters. The third-order valence-electron chi connectivity index (χ3n) is 2.79. The Bertz CT molecular complexity index is 724. The largest absolute Gasteiger partial charge is 0.507 e. The summed E-state index contributed by atoms with van der Waals surface area (Å²) in [6, 6.07) is 11.4. The van der Waals surface area contributed by atoms with Crippen molar-refractivity contribution in [2.45, 2.75) is 17.6 Å². The molecule has 0 saturated carbocycles. The molecule has 0 aliphatic rings. The zero-order valence-corrected chi connectivity index (χ0v) is 11.1. The Morgan fingerprint density at radius 3 is 2.68 bits per heavy atom. The first kappa shape index (κ1) is 12.0. The molecule has 0 saturated heterocycles. The summed E-state index contributed by atoms with van der Waals surface area (Å²) in [5.41, 5.74) is 0. The Morgan fingerprint density at radius 1 is 1.16 bits per heavy atom. The zero-order chi connectivity index (χ0) is 13.2. The van der Waals surface area contributed by atoms with E-state index in [0.717, 1.165) is 15.7 Å². The Hall–Kier alpha value is -2.01. The first-order valence-corrected chi connectivity index (χ1v) is 6.85. The number of rotatable bonds is 3. The van der Waals surface area contributed by atoms with E-state index in [1.807, 2.05) is 30.3 Å². The van der Waals surface area contributed by atoms with Gasteiger partial charge in [-0.3, -0.25) is 0 Å². The SMILES string of the molecule is Cc1nc(CSc2ccc(O)c3ccccc23)no1. The molecule has 0 bridgehead atoms. The van der Waals surface area contributed by atoms with E-state index in [0.29, 0.717) is 23.2 Å². The van der Waals surface area contributed by atoms with Crippen LogP contribution in [0.3, 0.4) is 0 Å². The van der Waals surface area contributed by atoms with Crippen molar-refractivity contribution in [3.05, 3.63) is 48.1 Å². The summed E-state index contributed by atoms with van der Waals surface area (Å²) in [5, 5.41) is 15.6. The second kappa shape index (κ2) is 4.93. The topological polar surface area (TPSA) is 59.2 Å². The van der Waals surface area contributed by atoms with Gasteiger partial charge in [-0.2, -0.15) is 4.98 Å². The molecule has 2 aromatic carbocycles. The normalized spacial score (nSPS) is 11.0. The Kier molecular flexibility index (Phi) is 3.13. The maximum atomic E-state index is 9.84. The minimum atomic E-state index is 0.301. The minimum Gasteiger partial charge on any atom is -0.507 e. The highest BCUT2D eigenvalue weighted by Gasteiger charge is 2.08. The van der Waals surface area contributed by atoms with Crippen molar-refractivity contribution in [3.63, 3.8) is 0 Å². The van der Waals surface area contributed by atoms with E-state index in [1.54, 1.807) is 24.8 Å². The second-order valence-corrected chi connectivity index (χ2v) is 5.16. The van der Waals surface area contributed by atoms with Crippen LogP contribution in [-0.2, 0) is 5.75 Å². The van der Waals surface area contributed by atoms with Gasteiger partial charge in [-0.15, -0.1) is 11.8 Å². The average Bonchev–Trinajstić information content (AvgIpc) is 2.84. The van der Waals surface area contributed by atoms with E-state index in [2.05, 4.69) is 10.1 Å². The van der Waals surface area contributed by atoms with Gasteiger partial charge in [0.15, 0.2) is 5.82 Å². The fourth-order valence-electron chi connectivity index (χ4n) is 1.92. The van der Waals surface area contributed by atoms with Gasteiger partial charge in [-0.25, -0.2) is 0 Å². The van der Waals surface area contributed by atoms with E-state index in [-0.39, 0.29) is 0 Å². The number of phenols is 1. The number of aryl methyl sites for hydroxylation is 1. The molecule has 1 N–H and O–H groups in total.